The molecule has 0 saturated heterocycles. The average molecular weight is 286 g/mol. The first kappa shape index (κ1) is 14.7. The summed E-state index contributed by atoms with van der Waals surface area (Å²) in [6.07, 6.45) is -3.65. The van der Waals surface area contributed by atoms with Crippen LogP contribution < -0.4 is 10.6 Å². The Morgan fingerprint density at radius 3 is 2.40 bits per heavy atom. The van der Waals surface area contributed by atoms with Crippen molar-refractivity contribution < 1.29 is 18.0 Å². The Hall–Kier alpha value is -1.72. The molecule has 1 aliphatic rings. The van der Waals surface area contributed by atoms with Crippen LogP contribution in [0.25, 0.3) is 0 Å². The highest BCUT2D eigenvalue weighted by Crippen LogP contribution is 2.44. The van der Waals surface area contributed by atoms with E-state index < -0.39 is 17.6 Å². The summed E-state index contributed by atoms with van der Waals surface area (Å²) in [4.78, 5) is 12.0. The van der Waals surface area contributed by atoms with Crippen molar-refractivity contribution >= 4 is 11.6 Å². The molecule has 20 heavy (non-hydrogen) atoms. The summed E-state index contributed by atoms with van der Waals surface area (Å²) in [7, 11) is 1.41. The molecular formula is C14H17F3N2O. The summed E-state index contributed by atoms with van der Waals surface area (Å²) in [5, 5.41) is 5.23. The predicted molar refractivity (Wildman–Crippen MR) is 70.6 cm³/mol. The van der Waals surface area contributed by atoms with Crippen LogP contribution in [0.5, 0.6) is 0 Å². The summed E-state index contributed by atoms with van der Waals surface area (Å²) >= 11 is 0. The maximum atomic E-state index is 12.9. The van der Waals surface area contributed by atoms with E-state index in [0.29, 0.717) is 0 Å². The molecule has 6 heteroatoms. The van der Waals surface area contributed by atoms with E-state index in [4.69, 9.17) is 0 Å². The molecule has 110 valence electrons. The fourth-order valence-corrected chi connectivity index (χ4v) is 2.09. The monoisotopic (exact) mass is 286 g/mol. The first-order valence-electron chi connectivity index (χ1n) is 6.35. The van der Waals surface area contributed by atoms with Gasteiger partial charge in [0, 0.05) is 24.3 Å². The van der Waals surface area contributed by atoms with Crippen LogP contribution in [-0.2, 0) is 6.18 Å². The fraction of sp³-hybridized carbons (Fsp3) is 0.500. The van der Waals surface area contributed by atoms with Gasteiger partial charge in [-0.2, -0.15) is 13.2 Å². The lowest BCUT2D eigenvalue weighted by Gasteiger charge is -2.14. The predicted octanol–water partition coefficient (Wildman–Crippen LogP) is 3.28. The second-order valence-electron chi connectivity index (χ2n) is 5.73. The van der Waals surface area contributed by atoms with Gasteiger partial charge in [0.25, 0.3) is 5.91 Å². The van der Waals surface area contributed by atoms with Gasteiger partial charge in [-0.25, -0.2) is 0 Å². The molecule has 1 aromatic carbocycles. The van der Waals surface area contributed by atoms with Crippen LogP contribution in [0, 0.1) is 5.41 Å². The molecule has 1 saturated carbocycles. The normalized spacial score (nSPS) is 20.4. The Morgan fingerprint density at radius 2 is 1.95 bits per heavy atom. The highest BCUT2D eigenvalue weighted by Gasteiger charge is 2.46. The number of halogens is 3. The SMILES string of the molecule is CNc1ccc(C(=O)NC2CC2(C)C)cc1C(F)(F)F. The summed E-state index contributed by atoms with van der Waals surface area (Å²) in [6, 6.07) is 3.59. The number of alkyl halides is 3. The molecule has 1 fully saturated rings. The van der Waals surface area contributed by atoms with E-state index in [0.717, 1.165) is 12.5 Å². The zero-order chi connectivity index (χ0) is 15.1. The van der Waals surface area contributed by atoms with E-state index in [1.54, 1.807) is 0 Å². The van der Waals surface area contributed by atoms with Crippen molar-refractivity contribution in [3.05, 3.63) is 29.3 Å². The molecule has 2 N–H and O–H groups in total. The van der Waals surface area contributed by atoms with Gasteiger partial charge in [0.1, 0.15) is 0 Å². The Labute approximate surface area is 115 Å². The highest BCUT2D eigenvalue weighted by atomic mass is 19.4. The maximum Gasteiger partial charge on any atom is 0.418 e. The minimum absolute atomic E-state index is 0.0269. The largest absolute Gasteiger partial charge is 0.418 e. The van der Waals surface area contributed by atoms with E-state index in [1.807, 2.05) is 13.8 Å². The number of nitrogens with one attached hydrogen (secondary N) is 2. The molecule has 0 aromatic heterocycles. The Bertz CT molecular complexity index is 538. The van der Waals surface area contributed by atoms with Gasteiger partial charge in [-0.1, -0.05) is 13.8 Å². The lowest BCUT2D eigenvalue weighted by atomic mass is 10.1. The molecule has 1 aliphatic carbocycles. The van der Waals surface area contributed by atoms with Crippen molar-refractivity contribution in [1.29, 1.82) is 0 Å². The molecule has 0 bridgehead atoms. The third-order valence-electron chi connectivity index (χ3n) is 3.68. The third-order valence-corrected chi connectivity index (χ3v) is 3.68. The molecular weight excluding hydrogens is 269 g/mol. The summed E-state index contributed by atoms with van der Waals surface area (Å²) in [5.41, 5.74) is -0.810. The van der Waals surface area contributed by atoms with E-state index in [-0.39, 0.29) is 22.7 Å². The van der Waals surface area contributed by atoms with Crippen molar-refractivity contribution in [2.24, 2.45) is 5.41 Å². The van der Waals surface area contributed by atoms with Crippen LogP contribution in [0.2, 0.25) is 0 Å². The topological polar surface area (TPSA) is 41.1 Å². The third kappa shape index (κ3) is 2.89. The minimum atomic E-state index is -4.49. The molecule has 1 amide bonds. The number of benzene rings is 1. The fourth-order valence-electron chi connectivity index (χ4n) is 2.09. The van der Waals surface area contributed by atoms with E-state index in [1.165, 1.54) is 19.2 Å². The molecule has 0 spiro atoms. The van der Waals surface area contributed by atoms with Crippen LogP contribution in [-0.4, -0.2) is 19.0 Å². The molecule has 1 unspecified atom stereocenters. The van der Waals surface area contributed by atoms with Gasteiger partial charge in [0.05, 0.1) is 5.56 Å². The minimum Gasteiger partial charge on any atom is -0.388 e. The zero-order valence-corrected chi connectivity index (χ0v) is 11.6. The van der Waals surface area contributed by atoms with E-state index in [9.17, 15) is 18.0 Å². The zero-order valence-electron chi connectivity index (χ0n) is 11.6. The van der Waals surface area contributed by atoms with Gasteiger partial charge in [0.2, 0.25) is 0 Å². The second kappa shape index (κ2) is 4.68. The van der Waals surface area contributed by atoms with Crippen molar-refractivity contribution in [3.63, 3.8) is 0 Å². The Kier molecular flexibility index (Phi) is 3.44. The van der Waals surface area contributed by atoms with Crippen molar-refractivity contribution in [3.8, 4) is 0 Å². The Balaban J connectivity index is 2.23. The number of carbonyl (C=O) groups is 1. The molecule has 0 aliphatic heterocycles. The van der Waals surface area contributed by atoms with Gasteiger partial charge < -0.3 is 10.6 Å². The van der Waals surface area contributed by atoms with Gasteiger partial charge in [-0.05, 0) is 30.0 Å². The van der Waals surface area contributed by atoms with Gasteiger partial charge in [0.15, 0.2) is 0 Å². The van der Waals surface area contributed by atoms with Crippen molar-refractivity contribution in [2.75, 3.05) is 12.4 Å². The number of hydrogen-bond donors (Lipinski definition) is 2. The van der Waals surface area contributed by atoms with Gasteiger partial charge in [-0.3, -0.25) is 4.79 Å². The van der Waals surface area contributed by atoms with Crippen LogP contribution in [0.1, 0.15) is 36.2 Å². The lowest BCUT2D eigenvalue weighted by Crippen LogP contribution is -2.28. The Morgan fingerprint density at radius 1 is 1.35 bits per heavy atom. The molecule has 0 radical (unpaired) electrons. The van der Waals surface area contributed by atoms with Crippen LogP contribution in [0.4, 0.5) is 18.9 Å². The van der Waals surface area contributed by atoms with Crippen molar-refractivity contribution in [2.45, 2.75) is 32.5 Å². The number of carbonyl (C=O) groups excluding carboxylic acids is 1. The second-order valence-corrected chi connectivity index (χ2v) is 5.73. The molecule has 3 nitrogen and oxygen atoms in total. The number of rotatable bonds is 3. The highest BCUT2D eigenvalue weighted by molar-refractivity contribution is 5.95. The van der Waals surface area contributed by atoms with Crippen LogP contribution in [0.3, 0.4) is 0 Å². The number of hydrogen-bond acceptors (Lipinski definition) is 2. The maximum absolute atomic E-state index is 12.9. The standard InChI is InChI=1S/C14H17F3N2O/c1-13(2)7-11(13)19-12(20)8-4-5-10(18-3)9(6-8)14(15,16)17/h4-6,11,18H,7H2,1-3H3,(H,19,20). The smallest absolute Gasteiger partial charge is 0.388 e. The van der Waals surface area contributed by atoms with Crippen molar-refractivity contribution in [1.82, 2.24) is 5.32 Å². The molecule has 1 atom stereocenters. The van der Waals surface area contributed by atoms with Crippen LogP contribution >= 0.6 is 0 Å². The lowest BCUT2D eigenvalue weighted by molar-refractivity contribution is -0.136. The quantitative estimate of drug-likeness (QED) is 0.895. The van der Waals surface area contributed by atoms with Crippen LogP contribution in [0.15, 0.2) is 18.2 Å². The average Bonchev–Trinajstić information content (AvgIpc) is 2.94. The first-order valence-corrected chi connectivity index (χ1v) is 6.35. The molecule has 1 aromatic rings. The molecule has 2 rings (SSSR count). The van der Waals surface area contributed by atoms with Gasteiger partial charge >= 0.3 is 6.18 Å². The summed E-state index contributed by atoms with van der Waals surface area (Å²) in [6.45, 7) is 4.01. The molecule has 0 heterocycles. The van der Waals surface area contributed by atoms with Gasteiger partial charge in [-0.15, -0.1) is 0 Å². The number of amides is 1. The summed E-state index contributed by atoms with van der Waals surface area (Å²) in [5.74, 6) is -0.464. The summed E-state index contributed by atoms with van der Waals surface area (Å²) < 4.78 is 38.7. The van der Waals surface area contributed by atoms with E-state index >= 15 is 0 Å². The number of anilines is 1. The first-order chi connectivity index (χ1) is 9.15. The van der Waals surface area contributed by atoms with E-state index in [2.05, 4.69) is 10.6 Å².